The van der Waals surface area contributed by atoms with Crippen LogP contribution >= 0.6 is 0 Å². The average molecular weight is 230 g/mol. The number of ether oxygens (including phenoxy) is 1. The minimum atomic E-state index is -0.991. The lowest BCUT2D eigenvalue weighted by atomic mass is 10.2. The molecule has 0 spiro atoms. The Morgan fingerprint density at radius 3 is 2.82 bits per heavy atom. The van der Waals surface area contributed by atoms with Gasteiger partial charge in [0.25, 0.3) is 0 Å². The Labute approximate surface area is 97.7 Å². The van der Waals surface area contributed by atoms with Crippen LogP contribution in [0.15, 0.2) is 36.7 Å². The predicted octanol–water partition coefficient (Wildman–Crippen LogP) is 2.28. The maximum Gasteiger partial charge on any atom is 0.335 e. The molecule has 1 heterocycles. The van der Waals surface area contributed by atoms with Crippen molar-refractivity contribution in [3.05, 3.63) is 47.9 Å². The van der Waals surface area contributed by atoms with Gasteiger partial charge in [-0.1, -0.05) is 6.07 Å². The first-order valence-corrected chi connectivity index (χ1v) is 4.95. The van der Waals surface area contributed by atoms with Gasteiger partial charge in [-0.05, 0) is 25.1 Å². The van der Waals surface area contributed by atoms with Crippen molar-refractivity contribution in [2.24, 2.45) is 0 Å². The molecule has 0 bridgehead atoms. The van der Waals surface area contributed by atoms with E-state index in [0.717, 1.165) is 5.69 Å². The third-order valence-electron chi connectivity index (χ3n) is 2.08. The summed E-state index contributed by atoms with van der Waals surface area (Å²) in [6.07, 6.45) is 1.39. The second-order valence-electron chi connectivity index (χ2n) is 3.43. The van der Waals surface area contributed by atoms with Gasteiger partial charge in [0.05, 0.1) is 5.56 Å². The highest BCUT2D eigenvalue weighted by Gasteiger charge is 2.05. The molecule has 0 unspecified atom stereocenters. The van der Waals surface area contributed by atoms with Gasteiger partial charge in [0, 0.05) is 11.8 Å². The van der Waals surface area contributed by atoms with Gasteiger partial charge in [-0.15, -0.1) is 0 Å². The molecule has 1 aromatic heterocycles. The van der Waals surface area contributed by atoms with E-state index in [4.69, 9.17) is 9.84 Å². The smallest absolute Gasteiger partial charge is 0.335 e. The molecular weight excluding hydrogens is 220 g/mol. The quantitative estimate of drug-likeness (QED) is 0.875. The molecule has 2 rings (SSSR count). The zero-order valence-electron chi connectivity index (χ0n) is 9.12. The van der Waals surface area contributed by atoms with E-state index in [1.807, 2.05) is 6.92 Å². The van der Waals surface area contributed by atoms with Gasteiger partial charge >= 0.3 is 5.97 Å². The average Bonchev–Trinajstić information content (AvgIpc) is 2.29. The summed E-state index contributed by atoms with van der Waals surface area (Å²) < 4.78 is 5.44. The monoisotopic (exact) mass is 230 g/mol. The Kier molecular flexibility index (Phi) is 3.00. The molecule has 0 saturated carbocycles. The van der Waals surface area contributed by atoms with E-state index in [0.29, 0.717) is 11.6 Å². The zero-order valence-corrected chi connectivity index (χ0v) is 9.12. The minimum absolute atomic E-state index is 0.174. The molecule has 86 valence electrons. The number of rotatable bonds is 3. The van der Waals surface area contributed by atoms with Crippen LogP contribution in [0.1, 0.15) is 16.1 Å². The highest BCUT2D eigenvalue weighted by atomic mass is 16.5. The van der Waals surface area contributed by atoms with Crippen LogP contribution in [0.4, 0.5) is 0 Å². The SMILES string of the molecule is Cc1cc(Oc2cccc(C(=O)O)c2)ncn1. The van der Waals surface area contributed by atoms with E-state index >= 15 is 0 Å². The van der Waals surface area contributed by atoms with Gasteiger partial charge in [0.1, 0.15) is 12.1 Å². The van der Waals surface area contributed by atoms with E-state index in [1.165, 1.54) is 18.5 Å². The van der Waals surface area contributed by atoms with Crippen molar-refractivity contribution in [3.8, 4) is 11.6 Å². The predicted molar refractivity (Wildman–Crippen MR) is 60.2 cm³/mol. The van der Waals surface area contributed by atoms with Crippen LogP contribution in [0.2, 0.25) is 0 Å². The molecule has 0 atom stereocenters. The maximum absolute atomic E-state index is 10.8. The van der Waals surface area contributed by atoms with Gasteiger partial charge in [0.15, 0.2) is 0 Å². The topological polar surface area (TPSA) is 72.3 Å². The number of aryl methyl sites for hydroxylation is 1. The summed E-state index contributed by atoms with van der Waals surface area (Å²) >= 11 is 0. The summed E-state index contributed by atoms with van der Waals surface area (Å²) in [6.45, 7) is 1.82. The van der Waals surface area contributed by atoms with Crippen molar-refractivity contribution < 1.29 is 14.6 Å². The molecule has 0 aliphatic carbocycles. The summed E-state index contributed by atoms with van der Waals surface area (Å²) in [6, 6.07) is 7.91. The molecular formula is C12H10N2O3. The fourth-order valence-corrected chi connectivity index (χ4v) is 1.30. The Hall–Kier alpha value is -2.43. The lowest BCUT2D eigenvalue weighted by Crippen LogP contribution is -1.96. The molecule has 0 amide bonds. The van der Waals surface area contributed by atoms with Gasteiger partial charge < -0.3 is 9.84 Å². The van der Waals surface area contributed by atoms with Crippen LogP contribution in [-0.2, 0) is 0 Å². The molecule has 2 aromatic rings. The first kappa shape index (κ1) is 11.1. The number of carbonyl (C=O) groups is 1. The normalized spacial score (nSPS) is 9.94. The van der Waals surface area contributed by atoms with Gasteiger partial charge in [-0.25, -0.2) is 14.8 Å². The molecule has 1 N–H and O–H groups in total. The number of carboxylic acids is 1. The Morgan fingerprint density at radius 2 is 2.12 bits per heavy atom. The Morgan fingerprint density at radius 1 is 1.29 bits per heavy atom. The van der Waals surface area contributed by atoms with Crippen LogP contribution in [-0.4, -0.2) is 21.0 Å². The minimum Gasteiger partial charge on any atom is -0.478 e. The number of nitrogens with zero attached hydrogens (tertiary/aromatic N) is 2. The van der Waals surface area contributed by atoms with Crippen molar-refractivity contribution >= 4 is 5.97 Å². The van der Waals surface area contributed by atoms with E-state index in [9.17, 15) is 4.79 Å². The largest absolute Gasteiger partial charge is 0.478 e. The molecule has 0 radical (unpaired) electrons. The molecule has 5 nitrogen and oxygen atoms in total. The molecule has 0 aliphatic heterocycles. The summed E-state index contributed by atoms with van der Waals surface area (Å²) in [5.74, 6) is -0.169. The van der Waals surface area contributed by atoms with Crippen LogP contribution in [0, 0.1) is 6.92 Å². The molecule has 5 heteroatoms. The molecule has 17 heavy (non-hydrogen) atoms. The lowest BCUT2D eigenvalue weighted by Gasteiger charge is -2.05. The first-order valence-electron chi connectivity index (χ1n) is 4.95. The summed E-state index contributed by atoms with van der Waals surface area (Å²) in [5.41, 5.74) is 0.956. The van der Waals surface area contributed by atoms with Crippen molar-refractivity contribution in [1.82, 2.24) is 9.97 Å². The Balaban J connectivity index is 2.24. The third-order valence-corrected chi connectivity index (χ3v) is 2.08. The zero-order chi connectivity index (χ0) is 12.3. The summed E-state index contributed by atoms with van der Waals surface area (Å²) in [7, 11) is 0. The highest BCUT2D eigenvalue weighted by molar-refractivity contribution is 5.88. The van der Waals surface area contributed by atoms with E-state index < -0.39 is 5.97 Å². The van der Waals surface area contributed by atoms with E-state index in [-0.39, 0.29) is 5.56 Å². The molecule has 0 saturated heterocycles. The maximum atomic E-state index is 10.8. The highest BCUT2D eigenvalue weighted by Crippen LogP contribution is 2.20. The molecule has 0 fully saturated rings. The number of aromatic carboxylic acids is 1. The van der Waals surface area contributed by atoms with E-state index in [1.54, 1.807) is 18.2 Å². The van der Waals surface area contributed by atoms with Crippen molar-refractivity contribution in [3.63, 3.8) is 0 Å². The number of aromatic nitrogens is 2. The lowest BCUT2D eigenvalue weighted by molar-refractivity contribution is 0.0696. The van der Waals surface area contributed by atoms with Crippen molar-refractivity contribution in [2.45, 2.75) is 6.92 Å². The standard InChI is InChI=1S/C12H10N2O3/c1-8-5-11(14-7-13-8)17-10-4-2-3-9(6-10)12(15)16/h2-7H,1H3,(H,15,16). The van der Waals surface area contributed by atoms with Gasteiger partial charge in [-0.3, -0.25) is 0 Å². The van der Waals surface area contributed by atoms with Crippen LogP contribution in [0.25, 0.3) is 0 Å². The van der Waals surface area contributed by atoms with Crippen molar-refractivity contribution in [1.29, 1.82) is 0 Å². The third kappa shape index (κ3) is 2.78. The van der Waals surface area contributed by atoms with Crippen LogP contribution in [0.5, 0.6) is 11.6 Å². The second-order valence-corrected chi connectivity index (χ2v) is 3.43. The van der Waals surface area contributed by atoms with E-state index in [2.05, 4.69) is 9.97 Å². The van der Waals surface area contributed by atoms with Gasteiger partial charge in [-0.2, -0.15) is 0 Å². The van der Waals surface area contributed by atoms with Gasteiger partial charge in [0.2, 0.25) is 5.88 Å². The number of hydrogen-bond acceptors (Lipinski definition) is 4. The van der Waals surface area contributed by atoms with Crippen LogP contribution < -0.4 is 4.74 Å². The summed E-state index contributed by atoms with van der Waals surface area (Å²) in [4.78, 5) is 18.6. The first-order chi connectivity index (χ1) is 8.15. The fraction of sp³-hybridized carbons (Fsp3) is 0.0833. The number of benzene rings is 1. The Bertz CT molecular complexity index is 555. The molecule has 1 aromatic carbocycles. The fourth-order valence-electron chi connectivity index (χ4n) is 1.30. The number of carboxylic acid groups (broad SMARTS) is 1. The number of hydrogen-bond donors (Lipinski definition) is 1. The molecule has 0 aliphatic rings. The van der Waals surface area contributed by atoms with Crippen LogP contribution in [0.3, 0.4) is 0 Å². The van der Waals surface area contributed by atoms with Crippen molar-refractivity contribution in [2.75, 3.05) is 0 Å². The summed E-state index contributed by atoms with van der Waals surface area (Å²) in [5, 5.41) is 8.84. The second kappa shape index (κ2) is 4.61.